The summed E-state index contributed by atoms with van der Waals surface area (Å²) in [4.78, 5) is 11.2. The molecule has 0 aliphatic carbocycles. The Labute approximate surface area is 94.4 Å². The number of unbranched alkanes of at least 4 members (excludes halogenated alkanes) is 5. The van der Waals surface area contributed by atoms with Crippen molar-refractivity contribution in [3.63, 3.8) is 0 Å². The molecule has 0 aliphatic rings. The highest BCUT2D eigenvalue weighted by Gasteiger charge is 2.12. The zero-order valence-electron chi connectivity index (χ0n) is 10.3. The fourth-order valence-electron chi connectivity index (χ4n) is 1.55. The minimum Gasteiger partial charge on any atom is -0.466 e. The van der Waals surface area contributed by atoms with Gasteiger partial charge in [0, 0.05) is 0 Å². The third-order valence-corrected chi connectivity index (χ3v) is 2.53. The van der Waals surface area contributed by atoms with E-state index in [-0.39, 0.29) is 11.9 Å². The van der Waals surface area contributed by atoms with Crippen LogP contribution in [0, 0.1) is 12.8 Å². The Morgan fingerprint density at radius 2 is 1.73 bits per heavy atom. The first-order valence-corrected chi connectivity index (χ1v) is 6.22. The molecule has 0 aliphatic heterocycles. The van der Waals surface area contributed by atoms with Crippen molar-refractivity contribution in [2.45, 2.75) is 58.8 Å². The van der Waals surface area contributed by atoms with E-state index < -0.39 is 0 Å². The minimum absolute atomic E-state index is 0.147. The van der Waals surface area contributed by atoms with Crippen LogP contribution in [0.5, 0.6) is 0 Å². The minimum atomic E-state index is -0.170. The van der Waals surface area contributed by atoms with Crippen molar-refractivity contribution in [3.8, 4) is 0 Å². The lowest BCUT2D eigenvalue weighted by atomic mass is 10.0. The van der Waals surface area contributed by atoms with Crippen LogP contribution in [-0.2, 0) is 9.53 Å². The molecule has 0 saturated carbocycles. The van der Waals surface area contributed by atoms with E-state index in [0.717, 1.165) is 12.8 Å². The van der Waals surface area contributed by atoms with Gasteiger partial charge in [0.05, 0.1) is 12.5 Å². The molecule has 0 N–H and O–H groups in total. The van der Waals surface area contributed by atoms with Gasteiger partial charge in [-0.25, -0.2) is 0 Å². The summed E-state index contributed by atoms with van der Waals surface area (Å²) in [6, 6.07) is 0. The molecule has 0 fully saturated rings. The maximum absolute atomic E-state index is 11.2. The Kier molecular flexibility index (Phi) is 9.65. The molecule has 0 aromatic heterocycles. The van der Waals surface area contributed by atoms with Gasteiger partial charge in [0.2, 0.25) is 0 Å². The topological polar surface area (TPSA) is 26.3 Å². The highest BCUT2D eigenvalue weighted by Crippen LogP contribution is 2.12. The van der Waals surface area contributed by atoms with Crippen molar-refractivity contribution in [3.05, 3.63) is 6.92 Å². The van der Waals surface area contributed by atoms with Crippen LogP contribution in [0.3, 0.4) is 0 Å². The first-order valence-electron chi connectivity index (χ1n) is 6.22. The summed E-state index contributed by atoms with van der Waals surface area (Å²) in [6.07, 6.45) is 8.38. The van der Waals surface area contributed by atoms with Gasteiger partial charge in [-0.15, -0.1) is 0 Å². The van der Waals surface area contributed by atoms with E-state index in [9.17, 15) is 4.79 Å². The molecule has 0 amide bonds. The second-order valence-corrected chi connectivity index (χ2v) is 4.01. The van der Waals surface area contributed by atoms with Gasteiger partial charge in [0.1, 0.15) is 0 Å². The highest BCUT2D eigenvalue weighted by atomic mass is 16.5. The number of esters is 1. The number of carbonyl (C=O) groups excluding carboxylic acids is 1. The molecule has 0 spiro atoms. The van der Waals surface area contributed by atoms with Crippen molar-refractivity contribution in [1.29, 1.82) is 0 Å². The van der Waals surface area contributed by atoms with E-state index in [2.05, 4.69) is 13.8 Å². The first-order chi connectivity index (χ1) is 7.22. The van der Waals surface area contributed by atoms with Gasteiger partial charge in [-0.3, -0.25) is 4.79 Å². The maximum Gasteiger partial charge on any atom is 0.308 e. The summed E-state index contributed by atoms with van der Waals surface area (Å²) >= 11 is 0. The molecule has 0 bridgehead atoms. The largest absolute Gasteiger partial charge is 0.466 e. The number of ether oxygens (including phenoxy) is 1. The van der Waals surface area contributed by atoms with Crippen LogP contribution in [0.1, 0.15) is 58.8 Å². The molecule has 15 heavy (non-hydrogen) atoms. The maximum atomic E-state index is 11.2. The lowest BCUT2D eigenvalue weighted by molar-refractivity contribution is -0.146. The Bertz CT molecular complexity index is 155. The van der Waals surface area contributed by atoms with Gasteiger partial charge in [0.25, 0.3) is 0 Å². The average Bonchev–Trinajstić information content (AvgIpc) is 2.23. The monoisotopic (exact) mass is 213 g/mol. The van der Waals surface area contributed by atoms with Gasteiger partial charge < -0.3 is 4.74 Å². The molecule has 89 valence electrons. The van der Waals surface area contributed by atoms with Crippen LogP contribution in [0.15, 0.2) is 0 Å². The van der Waals surface area contributed by atoms with E-state index in [4.69, 9.17) is 4.74 Å². The summed E-state index contributed by atoms with van der Waals surface area (Å²) in [5.74, 6) is -0.317. The van der Waals surface area contributed by atoms with Crippen LogP contribution in [0.4, 0.5) is 0 Å². The van der Waals surface area contributed by atoms with Crippen molar-refractivity contribution in [2.75, 3.05) is 6.61 Å². The lowest BCUT2D eigenvalue weighted by Gasteiger charge is -2.09. The van der Waals surface area contributed by atoms with Gasteiger partial charge in [-0.2, -0.15) is 0 Å². The second kappa shape index (κ2) is 10.0. The van der Waals surface area contributed by atoms with Gasteiger partial charge in [-0.1, -0.05) is 45.4 Å². The van der Waals surface area contributed by atoms with Crippen molar-refractivity contribution in [1.82, 2.24) is 0 Å². The van der Waals surface area contributed by atoms with Gasteiger partial charge >= 0.3 is 5.97 Å². The molecule has 0 aromatic rings. The molecule has 1 atom stereocenters. The summed E-state index contributed by atoms with van der Waals surface area (Å²) in [5.41, 5.74) is 0. The second-order valence-electron chi connectivity index (χ2n) is 4.01. The van der Waals surface area contributed by atoms with Crippen LogP contribution in [0.2, 0.25) is 0 Å². The zero-order valence-corrected chi connectivity index (χ0v) is 10.3. The molecule has 2 nitrogen and oxygen atoms in total. The third-order valence-electron chi connectivity index (χ3n) is 2.53. The highest BCUT2D eigenvalue weighted by molar-refractivity contribution is 5.72. The van der Waals surface area contributed by atoms with E-state index in [1.54, 1.807) is 0 Å². The van der Waals surface area contributed by atoms with Crippen LogP contribution >= 0.6 is 0 Å². The van der Waals surface area contributed by atoms with Crippen molar-refractivity contribution < 1.29 is 9.53 Å². The number of hydrogen-bond donors (Lipinski definition) is 0. The van der Waals surface area contributed by atoms with Crippen molar-refractivity contribution in [2.24, 2.45) is 5.92 Å². The van der Waals surface area contributed by atoms with E-state index in [1.165, 1.54) is 32.1 Å². The van der Waals surface area contributed by atoms with Crippen LogP contribution in [0.25, 0.3) is 0 Å². The van der Waals surface area contributed by atoms with Gasteiger partial charge in [-0.05, 0) is 20.3 Å². The van der Waals surface area contributed by atoms with Crippen molar-refractivity contribution >= 4 is 5.97 Å². The summed E-state index contributed by atoms with van der Waals surface area (Å²) < 4.78 is 4.90. The van der Waals surface area contributed by atoms with E-state index in [0.29, 0.717) is 6.61 Å². The summed E-state index contributed by atoms with van der Waals surface area (Å²) in [5, 5.41) is 0. The van der Waals surface area contributed by atoms with E-state index in [1.807, 2.05) is 6.92 Å². The van der Waals surface area contributed by atoms with E-state index >= 15 is 0 Å². The number of carbonyl (C=O) groups is 1. The summed E-state index contributed by atoms with van der Waals surface area (Å²) in [7, 11) is 0. The first kappa shape index (κ1) is 14.5. The molecule has 2 heteroatoms. The standard InChI is InChI=1S/C13H25O2/c1-4-6-7-8-9-10-11-12(3)13(14)15-5-2/h12H,3-11H2,1-2H3. The normalized spacial score (nSPS) is 12.5. The fraction of sp³-hybridized carbons (Fsp3) is 0.846. The lowest BCUT2D eigenvalue weighted by Crippen LogP contribution is -2.14. The molecule has 0 saturated heterocycles. The van der Waals surface area contributed by atoms with Crippen LogP contribution in [-0.4, -0.2) is 12.6 Å². The molecular formula is C13H25O2. The predicted octanol–water partition coefficient (Wildman–Crippen LogP) is 3.75. The summed E-state index contributed by atoms with van der Waals surface area (Å²) in [6.45, 7) is 8.32. The number of rotatable bonds is 9. The predicted molar refractivity (Wildman–Crippen MR) is 63.5 cm³/mol. The Balaban J connectivity index is 3.30. The molecule has 0 rings (SSSR count). The SMILES string of the molecule is [CH2]C(CCCCCCCC)C(=O)OCC. The van der Waals surface area contributed by atoms with Gasteiger partial charge in [0.15, 0.2) is 0 Å². The smallest absolute Gasteiger partial charge is 0.308 e. The third kappa shape index (κ3) is 8.46. The quantitative estimate of drug-likeness (QED) is 0.430. The average molecular weight is 213 g/mol. The molecule has 1 unspecified atom stereocenters. The Morgan fingerprint density at radius 3 is 2.33 bits per heavy atom. The molecule has 0 heterocycles. The Morgan fingerprint density at radius 1 is 1.13 bits per heavy atom. The molecule has 1 radical (unpaired) electrons. The Hall–Kier alpha value is -0.530. The van der Waals surface area contributed by atoms with Crippen LogP contribution < -0.4 is 0 Å². The zero-order chi connectivity index (χ0) is 11.5. The molecular weight excluding hydrogens is 188 g/mol. The fourth-order valence-corrected chi connectivity index (χ4v) is 1.55. The molecule has 0 aromatic carbocycles. The number of hydrogen-bond acceptors (Lipinski definition) is 2.